The van der Waals surface area contributed by atoms with Crippen molar-refractivity contribution in [3.05, 3.63) is 53.6 Å². The molecule has 0 spiro atoms. The van der Waals surface area contributed by atoms with Crippen LogP contribution in [0.1, 0.15) is 28.9 Å². The predicted octanol–water partition coefficient (Wildman–Crippen LogP) is 3.52. The van der Waals surface area contributed by atoms with Crippen LogP contribution in [0.5, 0.6) is 0 Å². The van der Waals surface area contributed by atoms with E-state index in [1.54, 1.807) is 19.2 Å². The molecule has 0 amide bonds. The maximum absolute atomic E-state index is 13.3. The van der Waals surface area contributed by atoms with E-state index in [-0.39, 0.29) is 23.8 Å². The Morgan fingerprint density at radius 3 is 3.00 bits per heavy atom. The van der Waals surface area contributed by atoms with Crippen LogP contribution in [0.15, 0.2) is 35.0 Å². The molecule has 0 aliphatic rings. The van der Waals surface area contributed by atoms with E-state index in [2.05, 4.69) is 4.98 Å². The van der Waals surface area contributed by atoms with Crippen LogP contribution in [0, 0.1) is 12.7 Å². The number of benzene rings is 1. The lowest BCUT2D eigenvalue weighted by Crippen LogP contribution is -2.09. The van der Waals surface area contributed by atoms with Crippen LogP contribution in [0.4, 0.5) is 4.39 Å². The fraction of sp³-hybridized carbons (Fsp3) is 0.250. The molecular formula is C16H15FN2O2. The number of halogens is 1. The summed E-state index contributed by atoms with van der Waals surface area (Å²) < 4.78 is 20.8. The van der Waals surface area contributed by atoms with E-state index >= 15 is 0 Å². The Balaban J connectivity index is 1.96. The van der Waals surface area contributed by atoms with Crippen LogP contribution in [-0.4, -0.2) is 15.3 Å². The van der Waals surface area contributed by atoms with Gasteiger partial charge in [-0.3, -0.25) is 4.79 Å². The number of fused-ring (bicyclic) bond motifs is 1. The van der Waals surface area contributed by atoms with Crippen LogP contribution in [0.2, 0.25) is 0 Å². The highest BCUT2D eigenvalue weighted by molar-refractivity contribution is 6.00. The number of aromatic nitrogens is 2. The van der Waals surface area contributed by atoms with Crippen LogP contribution < -0.4 is 0 Å². The Labute approximate surface area is 121 Å². The van der Waals surface area contributed by atoms with E-state index < -0.39 is 0 Å². The average Bonchev–Trinajstić information content (AvgIpc) is 3.04. The molecule has 1 aromatic carbocycles. The Morgan fingerprint density at radius 2 is 2.24 bits per heavy atom. The first-order valence-corrected chi connectivity index (χ1v) is 6.82. The van der Waals surface area contributed by atoms with Crippen LogP contribution in [0.25, 0.3) is 11.0 Å². The van der Waals surface area contributed by atoms with E-state index in [1.165, 1.54) is 12.1 Å². The summed E-state index contributed by atoms with van der Waals surface area (Å²) in [6, 6.07) is 4.25. The van der Waals surface area contributed by atoms with Crippen molar-refractivity contribution in [3.63, 3.8) is 0 Å². The second-order valence-electron chi connectivity index (χ2n) is 4.93. The van der Waals surface area contributed by atoms with Crippen LogP contribution >= 0.6 is 0 Å². The monoisotopic (exact) mass is 286 g/mol. The van der Waals surface area contributed by atoms with Gasteiger partial charge in [0.1, 0.15) is 17.2 Å². The zero-order valence-corrected chi connectivity index (χ0v) is 11.9. The van der Waals surface area contributed by atoms with Gasteiger partial charge in [-0.05, 0) is 32.0 Å². The van der Waals surface area contributed by atoms with Crippen molar-refractivity contribution in [3.8, 4) is 0 Å². The summed E-state index contributed by atoms with van der Waals surface area (Å²) in [6.45, 7) is 4.52. The number of aryl methyl sites for hydroxylation is 2. The maximum atomic E-state index is 13.3. The highest BCUT2D eigenvalue weighted by Crippen LogP contribution is 2.26. The van der Waals surface area contributed by atoms with Crippen molar-refractivity contribution in [1.82, 2.24) is 9.55 Å². The lowest BCUT2D eigenvalue weighted by atomic mass is 10.1. The number of furan rings is 1. The largest absolute Gasteiger partial charge is 0.453 e. The minimum atomic E-state index is -0.341. The summed E-state index contributed by atoms with van der Waals surface area (Å²) >= 11 is 0. The molecule has 0 fully saturated rings. The standard InChI is InChI=1S/C16H15FN2O2/c1-3-19-7-6-18-15(19)9-13(20)16-10(2)12-8-11(17)4-5-14(12)21-16/h4-8H,3,9H2,1-2H3. The number of carbonyl (C=O) groups is 1. The average molecular weight is 286 g/mol. The summed E-state index contributed by atoms with van der Waals surface area (Å²) in [4.78, 5) is 16.6. The molecule has 0 bridgehead atoms. The SMILES string of the molecule is CCn1ccnc1CC(=O)c1oc2ccc(F)cc2c1C. The van der Waals surface area contributed by atoms with E-state index in [4.69, 9.17) is 4.42 Å². The molecule has 3 rings (SSSR count). The number of imidazole rings is 1. The van der Waals surface area contributed by atoms with E-state index in [0.717, 1.165) is 6.54 Å². The second kappa shape index (κ2) is 5.16. The molecule has 3 aromatic rings. The molecule has 0 aliphatic carbocycles. The highest BCUT2D eigenvalue weighted by Gasteiger charge is 2.19. The van der Waals surface area contributed by atoms with Gasteiger partial charge in [-0.15, -0.1) is 0 Å². The smallest absolute Gasteiger partial charge is 0.205 e. The lowest BCUT2D eigenvalue weighted by Gasteiger charge is -2.03. The van der Waals surface area contributed by atoms with Gasteiger partial charge in [-0.2, -0.15) is 0 Å². The zero-order valence-electron chi connectivity index (χ0n) is 11.9. The van der Waals surface area contributed by atoms with Gasteiger partial charge in [-0.25, -0.2) is 9.37 Å². The molecule has 0 saturated heterocycles. The first-order valence-electron chi connectivity index (χ1n) is 6.82. The number of hydrogen-bond acceptors (Lipinski definition) is 3. The first kappa shape index (κ1) is 13.5. The summed E-state index contributed by atoms with van der Waals surface area (Å²) in [5.74, 6) is 0.492. The minimum absolute atomic E-state index is 0.148. The number of nitrogens with zero attached hydrogens (tertiary/aromatic N) is 2. The third kappa shape index (κ3) is 2.35. The van der Waals surface area contributed by atoms with Gasteiger partial charge < -0.3 is 8.98 Å². The van der Waals surface area contributed by atoms with Gasteiger partial charge in [0.2, 0.25) is 5.78 Å². The number of ketones is 1. The van der Waals surface area contributed by atoms with E-state index in [1.807, 2.05) is 17.7 Å². The van der Waals surface area contributed by atoms with Crippen LogP contribution in [0.3, 0.4) is 0 Å². The molecule has 21 heavy (non-hydrogen) atoms. The molecular weight excluding hydrogens is 271 g/mol. The maximum Gasteiger partial charge on any atom is 0.205 e. The van der Waals surface area contributed by atoms with Crippen molar-refractivity contribution in [2.75, 3.05) is 0 Å². The molecule has 0 N–H and O–H groups in total. The molecule has 108 valence electrons. The third-order valence-corrected chi connectivity index (χ3v) is 3.61. The first-order chi connectivity index (χ1) is 10.1. The molecule has 0 unspecified atom stereocenters. The molecule has 0 radical (unpaired) electrons. The Kier molecular flexibility index (Phi) is 3.33. The normalized spacial score (nSPS) is 11.2. The highest BCUT2D eigenvalue weighted by atomic mass is 19.1. The fourth-order valence-corrected chi connectivity index (χ4v) is 2.48. The topological polar surface area (TPSA) is 48.0 Å². The molecule has 0 atom stereocenters. The van der Waals surface area contributed by atoms with E-state index in [9.17, 15) is 9.18 Å². The van der Waals surface area contributed by atoms with Gasteiger partial charge >= 0.3 is 0 Å². The van der Waals surface area contributed by atoms with Crippen molar-refractivity contribution < 1.29 is 13.6 Å². The zero-order chi connectivity index (χ0) is 15.0. The minimum Gasteiger partial charge on any atom is -0.453 e. The van der Waals surface area contributed by atoms with E-state index in [0.29, 0.717) is 22.4 Å². The molecule has 5 heteroatoms. The molecule has 0 saturated carbocycles. The molecule has 0 aliphatic heterocycles. The fourth-order valence-electron chi connectivity index (χ4n) is 2.48. The number of carbonyl (C=O) groups excluding carboxylic acids is 1. The molecule has 2 aromatic heterocycles. The molecule has 2 heterocycles. The number of rotatable bonds is 4. The quantitative estimate of drug-likeness (QED) is 0.689. The van der Waals surface area contributed by atoms with Gasteiger partial charge in [0.05, 0.1) is 6.42 Å². The van der Waals surface area contributed by atoms with Gasteiger partial charge in [0.15, 0.2) is 5.76 Å². The van der Waals surface area contributed by atoms with Crippen LogP contribution in [-0.2, 0) is 13.0 Å². The van der Waals surface area contributed by atoms with Gasteiger partial charge in [-0.1, -0.05) is 0 Å². The number of Topliss-reactive ketones (excluding diaryl/α,β-unsaturated/α-hetero) is 1. The third-order valence-electron chi connectivity index (χ3n) is 3.61. The van der Waals surface area contributed by atoms with Gasteiger partial charge in [0, 0.05) is 29.9 Å². The summed E-state index contributed by atoms with van der Waals surface area (Å²) in [5.41, 5.74) is 1.19. The van der Waals surface area contributed by atoms with Crippen molar-refractivity contribution >= 4 is 16.8 Å². The summed E-state index contributed by atoms with van der Waals surface area (Å²) in [7, 11) is 0. The van der Waals surface area contributed by atoms with Gasteiger partial charge in [0.25, 0.3) is 0 Å². The lowest BCUT2D eigenvalue weighted by molar-refractivity contribution is 0.0964. The molecule has 4 nitrogen and oxygen atoms in total. The predicted molar refractivity (Wildman–Crippen MR) is 76.8 cm³/mol. The van der Waals surface area contributed by atoms with Crippen molar-refractivity contribution in [2.24, 2.45) is 0 Å². The van der Waals surface area contributed by atoms with Crippen molar-refractivity contribution in [1.29, 1.82) is 0 Å². The number of hydrogen-bond donors (Lipinski definition) is 0. The Morgan fingerprint density at radius 1 is 1.43 bits per heavy atom. The second-order valence-corrected chi connectivity index (χ2v) is 4.93. The Hall–Kier alpha value is -2.43. The summed E-state index contributed by atoms with van der Waals surface area (Å²) in [5, 5.41) is 0.636. The Bertz CT molecular complexity index is 817. The summed E-state index contributed by atoms with van der Waals surface area (Å²) in [6.07, 6.45) is 3.68. The van der Waals surface area contributed by atoms with Crippen molar-refractivity contribution in [2.45, 2.75) is 26.8 Å².